The lowest BCUT2D eigenvalue weighted by Crippen LogP contribution is -2.26. The average Bonchev–Trinajstić information content (AvgIpc) is 2.83. The van der Waals surface area contributed by atoms with E-state index in [0.29, 0.717) is 34.7 Å². The summed E-state index contributed by atoms with van der Waals surface area (Å²) in [6, 6.07) is 15.6. The van der Waals surface area contributed by atoms with Crippen LogP contribution in [0.15, 0.2) is 65.9 Å². The van der Waals surface area contributed by atoms with Crippen LogP contribution in [0.2, 0.25) is 10.0 Å². The van der Waals surface area contributed by atoms with Gasteiger partial charge in [0.05, 0.1) is 22.6 Å². The van der Waals surface area contributed by atoms with Crippen molar-refractivity contribution in [3.05, 3.63) is 81.5 Å². The molecular weight excluding hydrogens is 453 g/mol. The molecule has 1 unspecified atom stereocenters. The Balaban J connectivity index is 1.64. The first kappa shape index (κ1) is 23.9. The molecule has 0 aliphatic heterocycles. The van der Waals surface area contributed by atoms with Crippen molar-refractivity contribution < 1.29 is 9.53 Å². The van der Waals surface area contributed by atoms with E-state index in [2.05, 4.69) is 29.6 Å². The number of carbonyl (C=O) groups is 1. The van der Waals surface area contributed by atoms with E-state index < -0.39 is 0 Å². The lowest BCUT2D eigenvalue weighted by Gasteiger charge is -2.30. The van der Waals surface area contributed by atoms with Crippen LogP contribution in [0.25, 0.3) is 5.57 Å². The number of hydrogen-bond donors (Lipinski definition) is 1. The maximum absolute atomic E-state index is 13.3. The predicted octanol–water partition coefficient (Wildman–Crippen LogP) is 8.30. The molecule has 2 aliphatic rings. The van der Waals surface area contributed by atoms with Crippen molar-refractivity contribution in [1.82, 2.24) is 0 Å². The van der Waals surface area contributed by atoms with Crippen LogP contribution >= 0.6 is 23.2 Å². The molecule has 1 saturated carbocycles. The summed E-state index contributed by atoms with van der Waals surface area (Å²) in [5.41, 5.74) is 4.30. The molecule has 0 bridgehead atoms. The Labute approximate surface area is 206 Å². The van der Waals surface area contributed by atoms with Crippen LogP contribution < -0.4 is 5.32 Å². The Morgan fingerprint density at radius 3 is 2.48 bits per heavy atom. The van der Waals surface area contributed by atoms with Crippen LogP contribution in [-0.2, 0) is 9.53 Å². The van der Waals surface area contributed by atoms with Crippen LogP contribution in [0.4, 0.5) is 5.69 Å². The fourth-order valence-corrected chi connectivity index (χ4v) is 5.29. The second kappa shape index (κ2) is 11.3. The van der Waals surface area contributed by atoms with Gasteiger partial charge in [0.2, 0.25) is 5.91 Å². The van der Waals surface area contributed by atoms with Crippen molar-refractivity contribution >= 4 is 40.4 Å². The zero-order valence-corrected chi connectivity index (χ0v) is 20.6. The van der Waals surface area contributed by atoms with Gasteiger partial charge in [0.25, 0.3) is 0 Å². The van der Waals surface area contributed by atoms with E-state index in [4.69, 9.17) is 27.9 Å². The largest absolute Gasteiger partial charge is 0.494 e. The average molecular weight is 484 g/mol. The third-order valence-electron chi connectivity index (χ3n) is 6.56. The highest BCUT2D eigenvalue weighted by Crippen LogP contribution is 2.41. The van der Waals surface area contributed by atoms with E-state index in [1.165, 1.54) is 43.3 Å². The molecule has 1 fully saturated rings. The van der Waals surface area contributed by atoms with Crippen LogP contribution in [0.3, 0.4) is 0 Å². The zero-order valence-electron chi connectivity index (χ0n) is 19.1. The van der Waals surface area contributed by atoms with E-state index in [9.17, 15) is 4.79 Å². The van der Waals surface area contributed by atoms with Crippen molar-refractivity contribution in [2.24, 2.45) is 11.8 Å². The highest BCUT2D eigenvalue weighted by atomic mass is 35.5. The van der Waals surface area contributed by atoms with Gasteiger partial charge in [-0.1, -0.05) is 91.2 Å². The summed E-state index contributed by atoms with van der Waals surface area (Å²) < 4.78 is 6.12. The molecule has 1 N–H and O–H groups in total. The van der Waals surface area contributed by atoms with Crippen molar-refractivity contribution in [2.75, 3.05) is 11.9 Å². The van der Waals surface area contributed by atoms with Crippen molar-refractivity contribution in [3.63, 3.8) is 0 Å². The molecule has 0 radical (unpaired) electrons. The van der Waals surface area contributed by atoms with Crippen molar-refractivity contribution in [1.29, 1.82) is 0 Å². The summed E-state index contributed by atoms with van der Waals surface area (Å²) in [6.07, 6.45) is 10.2. The molecule has 0 aromatic heterocycles. The molecule has 2 aliphatic carbocycles. The van der Waals surface area contributed by atoms with Gasteiger partial charge in [-0.05, 0) is 55.5 Å². The lowest BCUT2D eigenvalue weighted by molar-refractivity contribution is -0.118. The number of ether oxygens (including phenoxy) is 1. The quantitative estimate of drug-likeness (QED) is 0.429. The van der Waals surface area contributed by atoms with Gasteiger partial charge in [-0.15, -0.1) is 0 Å². The van der Waals surface area contributed by atoms with Crippen LogP contribution in [0.1, 0.15) is 57.4 Å². The number of allylic oxidation sites excluding steroid dienone is 2. The Hall–Kier alpha value is -2.23. The van der Waals surface area contributed by atoms with E-state index in [1.807, 2.05) is 19.1 Å². The number of amides is 1. The molecule has 5 heteroatoms. The van der Waals surface area contributed by atoms with Gasteiger partial charge in [-0.2, -0.15) is 0 Å². The molecular formula is C28H31Cl2NO2. The summed E-state index contributed by atoms with van der Waals surface area (Å²) in [4.78, 5) is 13.3. The monoisotopic (exact) mass is 483 g/mol. The Bertz CT molecular complexity index is 1040. The van der Waals surface area contributed by atoms with Crippen LogP contribution in [-0.4, -0.2) is 12.5 Å². The summed E-state index contributed by atoms with van der Waals surface area (Å²) in [5, 5.41) is 3.91. The summed E-state index contributed by atoms with van der Waals surface area (Å²) >= 11 is 12.2. The first-order valence-corrected chi connectivity index (χ1v) is 12.7. The fourth-order valence-electron chi connectivity index (χ4n) is 5.00. The van der Waals surface area contributed by atoms with E-state index in [1.54, 1.807) is 18.2 Å². The highest BCUT2D eigenvalue weighted by Gasteiger charge is 2.30. The third-order valence-corrected chi connectivity index (χ3v) is 7.30. The van der Waals surface area contributed by atoms with Gasteiger partial charge in [-0.25, -0.2) is 0 Å². The van der Waals surface area contributed by atoms with Crippen LogP contribution in [0.5, 0.6) is 0 Å². The number of carbonyl (C=O) groups excluding carboxylic acids is 1. The maximum Gasteiger partial charge on any atom is 0.231 e. The van der Waals surface area contributed by atoms with Gasteiger partial charge in [-0.3, -0.25) is 4.79 Å². The predicted molar refractivity (Wildman–Crippen MR) is 137 cm³/mol. The topological polar surface area (TPSA) is 38.3 Å². The number of benzene rings is 2. The van der Waals surface area contributed by atoms with Gasteiger partial charge in [0.1, 0.15) is 5.76 Å². The first-order chi connectivity index (χ1) is 16.0. The standard InChI is InChI=1S/C28H31Cl2NO2/c1-2-33-26-17-22(28(32)31-23-13-14-24(29)25(30)18-23)16-21(15-19-9-5-3-6-10-19)27(26)20-11-7-4-8-12-20/h4,7-8,11-14,17-19,22H,2-3,5-6,9-10,15-16H2,1H3,(H,31,32). The molecule has 2 aromatic carbocycles. The molecule has 4 rings (SSSR count). The van der Waals surface area contributed by atoms with E-state index >= 15 is 0 Å². The third kappa shape index (κ3) is 6.02. The smallest absolute Gasteiger partial charge is 0.231 e. The number of hydrogen-bond acceptors (Lipinski definition) is 2. The summed E-state index contributed by atoms with van der Waals surface area (Å²) in [7, 11) is 0. The fraction of sp³-hybridized carbons (Fsp3) is 0.393. The molecule has 33 heavy (non-hydrogen) atoms. The molecule has 1 amide bonds. The summed E-state index contributed by atoms with van der Waals surface area (Å²) in [6.45, 7) is 2.55. The normalized spacial score (nSPS) is 19.2. The molecule has 0 saturated heterocycles. The number of halogens is 2. The first-order valence-electron chi connectivity index (χ1n) is 11.9. The molecule has 2 aromatic rings. The van der Waals surface area contributed by atoms with Crippen LogP contribution in [0, 0.1) is 11.8 Å². The van der Waals surface area contributed by atoms with Gasteiger partial charge < -0.3 is 10.1 Å². The maximum atomic E-state index is 13.3. The minimum Gasteiger partial charge on any atom is -0.494 e. The highest BCUT2D eigenvalue weighted by molar-refractivity contribution is 6.42. The molecule has 1 atom stereocenters. The minimum absolute atomic E-state index is 0.0566. The molecule has 0 heterocycles. The molecule has 0 spiro atoms. The van der Waals surface area contributed by atoms with Gasteiger partial charge >= 0.3 is 0 Å². The van der Waals surface area contributed by atoms with E-state index in [0.717, 1.165) is 17.7 Å². The SMILES string of the molecule is CCOC1=CC(C(=O)Nc2ccc(Cl)c(Cl)c2)CC(CC2CCCCC2)=C1c1ccccc1. The van der Waals surface area contributed by atoms with Crippen molar-refractivity contribution in [2.45, 2.75) is 51.9 Å². The second-order valence-electron chi connectivity index (χ2n) is 8.95. The molecule has 174 valence electrons. The Kier molecular flexibility index (Phi) is 8.16. The number of rotatable bonds is 7. The van der Waals surface area contributed by atoms with Crippen molar-refractivity contribution in [3.8, 4) is 0 Å². The zero-order chi connectivity index (χ0) is 23.2. The van der Waals surface area contributed by atoms with Gasteiger partial charge in [0.15, 0.2) is 0 Å². The number of nitrogens with one attached hydrogen (secondary N) is 1. The molecule has 3 nitrogen and oxygen atoms in total. The minimum atomic E-state index is -0.299. The van der Waals surface area contributed by atoms with E-state index in [-0.39, 0.29) is 11.8 Å². The lowest BCUT2D eigenvalue weighted by atomic mass is 9.77. The van der Waals surface area contributed by atoms with Gasteiger partial charge in [0, 0.05) is 11.3 Å². The second-order valence-corrected chi connectivity index (χ2v) is 9.76. The number of anilines is 1. The summed E-state index contributed by atoms with van der Waals surface area (Å²) in [5.74, 6) is 1.13. The Morgan fingerprint density at radius 1 is 1.03 bits per heavy atom. The Morgan fingerprint density at radius 2 is 1.79 bits per heavy atom.